The minimum absolute atomic E-state index is 0.314. The largest absolute Gasteiger partial charge is 0.488 e. The molecule has 1 heterocycles. The number of halogens is 4. The molecule has 0 fully saturated rings. The number of hydrogen-bond donors (Lipinski definition) is 2. The Labute approximate surface area is 269 Å². The van der Waals surface area contributed by atoms with Crippen LogP contribution in [0.4, 0.5) is 10.8 Å². The average Bonchev–Trinajstić information content (AvgIpc) is 3.43. The van der Waals surface area contributed by atoms with Gasteiger partial charge < -0.3 is 10.1 Å². The van der Waals surface area contributed by atoms with Crippen LogP contribution in [0.2, 0.25) is 15.1 Å². The molecule has 0 aliphatic carbocycles. The first-order valence-electron chi connectivity index (χ1n) is 12.1. The summed E-state index contributed by atoms with van der Waals surface area (Å²) in [5.74, 6) is 0.400. The SMILES string of the molecule is O=C(N/N=C\c1ccc(OCc2ccc(Cl)cc2Cl)c(I)c1)c1ccc(-c2csc(Nc3ccc(Cl)cc3)n2)cc1. The molecule has 1 aromatic heterocycles. The molecule has 0 spiro atoms. The third kappa shape index (κ3) is 7.99. The van der Waals surface area contributed by atoms with E-state index in [-0.39, 0.29) is 5.91 Å². The van der Waals surface area contributed by atoms with E-state index < -0.39 is 0 Å². The molecule has 0 atom stereocenters. The molecule has 0 aliphatic rings. The lowest BCUT2D eigenvalue weighted by atomic mass is 10.1. The number of anilines is 2. The zero-order valence-corrected chi connectivity index (χ0v) is 26.3. The second-order valence-corrected chi connectivity index (χ2v) is 12.0. The van der Waals surface area contributed by atoms with Gasteiger partial charge in [0.15, 0.2) is 5.13 Å². The second-order valence-electron chi connectivity index (χ2n) is 8.66. The standard InChI is InChI=1S/C30H20Cl3IN4O2S/c31-22-8-10-24(11-9-22)36-30-37-27(17-41-30)19-2-4-20(5-3-19)29(39)38-35-15-18-1-12-28(26(34)13-18)40-16-21-6-7-23(32)14-25(21)33/h1-15,17H,16H2,(H,36,37)(H,38,39)/b35-15-. The first-order valence-corrected chi connectivity index (χ1v) is 15.2. The molecule has 5 aromatic rings. The van der Waals surface area contributed by atoms with Gasteiger partial charge in [0, 0.05) is 42.8 Å². The van der Waals surface area contributed by atoms with Gasteiger partial charge in [-0.2, -0.15) is 5.10 Å². The molecule has 0 unspecified atom stereocenters. The molecule has 4 aromatic carbocycles. The Balaban J connectivity index is 1.14. The van der Waals surface area contributed by atoms with Crippen molar-refractivity contribution in [2.45, 2.75) is 6.61 Å². The van der Waals surface area contributed by atoms with Gasteiger partial charge in [0.25, 0.3) is 5.91 Å². The highest BCUT2D eigenvalue weighted by atomic mass is 127. The van der Waals surface area contributed by atoms with E-state index in [1.807, 2.05) is 66.0 Å². The maximum Gasteiger partial charge on any atom is 0.271 e. The molecule has 0 saturated heterocycles. The summed E-state index contributed by atoms with van der Waals surface area (Å²) in [7, 11) is 0. The van der Waals surface area contributed by atoms with Crippen molar-refractivity contribution in [2.75, 3.05) is 5.32 Å². The smallest absolute Gasteiger partial charge is 0.271 e. The highest BCUT2D eigenvalue weighted by Crippen LogP contribution is 2.28. The lowest BCUT2D eigenvalue weighted by Crippen LogP contribution is -2.17. The van der Waals surface area contributed by atoms with Crippen LogP contribution in [0.1, 0.15) is 21.5 Å². The predicted molar refractivity (Wildman–Crippen MR) is 177 cm³/mol. The van der Waals surface area contributed by atoms with Crippen molar-refractivity contribution in [1.82, 2.24) is 10.4 Å². The van der Waals surface area contributed by atoms with Crippen LogP contribution in [0.25, 0.3) is 11.3 Å². The summed E-state index contributed by atoms with van der Waals surface area (Å²) >= 11 is 21.8. The van der Waals surface area contributed by atoms with Gasteiger partial charge in [-0.25, -0.2) is 10.4 Å². The summed E-state index contributed by atoms with van der Waals surface area (Å²) in [6.07, 6.45) is 1.58. The van der Waals surface area contributed by atoms with Crippen molar-refractivity contribution >= 4 is 91.7 Å². The number of thiazole rings is 1. The first-order chi connectivity index (χ1) is 19.8. The molecule has 41 heavy (non-hydrogen) atoms. The summed E-state index contributed by atoms with van der Waals surface area (Å²) in [6.45, 7) is 0.318. The van der Waals surface area contributed by atoms with Gasteiger partial charge in [-0.15, -0.1) is 11.3 Å². The van der Waals surface area contributed by atoms with E-state index in [0.717, 1.165) is 36.8 Å². The zero-order chi connectivity index (χ0) is 28.8. The van der Waals surface area contributed by atoms with Crippen LogP contribution in [-0.2, 0) is 6.61 Å². The van der Waals surface area contributed by atoms with Crippen LogP contribution in [-0.4, -0.2) is 17.1 Å². The molecule has 206 valence electrons. The second kappa shape index (κ2) is 13.7. The van der Waals surface area contributed by atoms with E-state index in [9.17, 15) is 4.79 Å². The van der Waals surface area contributed by atoms with Gasteiger partial charge in [0.05, 0.1) is 15.5 Å². The summed E-state index contributed by atoms with van der Waals surface area (Å²) < 4.78 is 6.81. The highest BCUT2D eigenvalue weighted by molar-refractivity contribution is 14.1. The molecular formula is C30H20Cl3IN4O2S. The minimum Gasteiger partial charge on any atom is -0.488 e. The maximum absolute atomic E-state index is 12.6. The lowest BCUT2D eigenvalue weighted by molar-refractivity contribution is 0.0955. The molecule has 11 heteroatoms. The van der Waals surface area contributed by atoms with Gasteiger partial charge in [0.1, 0.15) is 12.4 Å². The Kier molecular flexibility index (Phi) is 9.79. The fourth-order valence-electron chi connectivity index (χ4n) is 3.65. The Morgan fingerprint density at radius 3 is 2.44 bits per heavy atom. The molecule has 0 aliphatic heterocycles. The number of nitrogens with zero attached hydrogens (tertiary/aromatic N) is 2. The van der Waals surface area contributed by atoms with Crippen LogP contribution < -0.4 is 15.5 Å². The number of nitrogens with one attached hydrogen (secondary N) is 2. The third-order valence-electron chi connectivity index (χ3n) is 5.78. The highest BCUT2D eigenvalue weighted by Gasteiger charge is 2.09. The minimum atomic E-state index is -0.314. The van der Waals surface area contributed by atoms with Crippen molar-refractivity contribution < 1.29 is 9.53 Å². The fraction of sp³-hybridized carbons (Fsp3) is 0.0333. The summed E-state index contributed by atoms with van der Waals surface area (Å²) in [5.41, 5.74) is 7.34. The lowest BCUT2D eigenvalue weighted by Gasteiger charge is -2.10. The number of aromatic nitrogens is 1. The van der Waals surface area contributed by atoms with Gasteiger partial charge in [-0.1, -0.05) is 53.0 Å². The number of ether oxygens (including phenoxy) is 1. The Morgan fingerprint density at radius 2 is 1.71 bits per heavy atom. The Bertz CT molecular complexity index is 1710. The first kappa shape index (κ1) is 29.3. The summed E-state index contributed by atoms with van der Waals surface area (Å²) in [4.78, 5) is 17.2. The number of rotatable bonds is 9. The molecule has 0 saturated carbocycles. The van der Waals surface area contributed by atoms with Crippen molar-refractivity contribution in [3.8, 4) is 17.0 Å². The monoisotopic (exact) mass is 732 g/mol. The van der Waals surface area contributed by atoms with Gasteiger partial charge in [0.2, 0.25) is 0 Å². The number of hydrazone groups is 1. The number of carbonyl (C=O) groups excluding carboxylic acids is 1. The van der Waals surface area contributed by atoms with Gasteiger partial charge >= 0.3 is 0 Å². The summed E-state index contributed by atoms with van der Waals surface area (Å²) in [6, 6.07) is 25.6. The van der Waals surface area contributed by atoms with E-state index in [1.165, 1.54) is 11.3 Å². The van der Waals surface area contributed by atoms with Crippen LogP contribution in [0.5, 0.6) is 5.75 Å². The van der Waals surface area contributed by atoms with E-state index in [4.69, 9.17) is 39.5 Å². The summed E-state index contributed by atoms with van der Waals surface area (Å²) in [5, 5.41) is 11.9. The molecule has 6 nitrogen and oxygen atoms in total. The van der Waals surface area contributed by atoms with Crippen molar-refractivity contribution in [3.05, 3.63) is 126 Å². The van der Waals surface area contributed by atoms with Crippen molar-refractivity contribution in [1.29, 1.82) is 0 Å². The quantitative estimate of drug-likeness (QED) is 0.0900. The van der Waals surface area contributed by atoms with E-state index in [1.54, 1.807) is 30.5 Å². The number of amides is 1. The molecule has 0 radical (unpaired) electrons. The van der Waals surface area contributed by atoms with Crippen LogP contribution >= 0.6 is 68.7 Å². The zero-order valence-electron chi connectivity index (χ0n) is 21.1. The van der Waals surface area contributed by atoms with Crippen molar-refractivity contribution in [2.24, 2.45) is 5.10 Å². The maximum atomic E-state index is 12.6. The van der Waals surface area contributed by atoms with Crippen LogP contribution in [0.15, 0.2) is 95.4 Å². The number of benzene rings is 4. The van der Waals surface area contributed by atoms with Gasteiger partial charge in [-0.05, 0) is 94.9 Å². The van der Waals surface area contributed by atoms with Crippen LogP contribution in [0.3, 0.4) is 0 Å². The Morgan fingerprint density at radius 1 is 0.951 bits per heavy atom. The molecular weight excluding hydrogens is 714 g/mol. The predicted octanol–water partition coefficient (Wildman–Crippen LogP) is 9.46. The van der Waals surface area contributed by atoms with Crippen LogP contribution in [0, 0.1) is 3.57 Å². The normalized spacial score (nSPS) is 11.0. The topological polar surface area (TPSA) is 75.6 Å². The third-order valence-corrected chi connectivity index (χ3v) is 8.22. The number of hydrogen-bond acceptors (Lipinski definition) is 6. The van der Waals surface area contributed by atoms with Gasteiger partial charge in [-0.3, -0.25) is 4.79 Å². The fourth-order valence-corrected chi connectivity index (χ4v) is 5.68. The van der Waals surface area contributed by atoms with E-state index in [0.29, 0.717) is 33.0 Å². The Hall–Kier alpha value is -3.15. The average molecular weight is 734 g/mol. The number of carbonyl (C=O) groups is 1. The molecule has 2 N–H and O–H groups in total. The molecule has 0 bridgehead atoms. The molecule has 5 rings (SSSR count). The van der Waals surface area contributed by atoms with E-state index >= 15 is 0 Å². The van der Waals surface area contributed by atoms with E-state index in [2.05, 4.69) is 43.4 Å². The van der Waals surface area contributed by atoms with Crippen molar-refractivity contribution in [3.63, 3.8) is 0 Å². The molecule has 1 amide bonds.